The van der Waals surface area contributed by atoms with E-state index in [4.69, 9.17) is 4.42 Å². The van der Waals surface area contributed by atoms with Crippen molar-refractivity contribution < 1.29 is 9.52 Å². The maximum absolute atomic E-state index is 9.33. The minimum absolute atomic E-state index is 0.00181. The molecular formula is C14H17NO2. The van der Waals surface area contributed by atoms with Crippen LogP contribution in [0.1, 0.15) is 38.1 Å². The fraction of sp³-hybridized carbons (Fsp3) is 0.357. The van der Waals surface area contributed by atoms with Crippen molar-refractivity contribution in [2.45, 2.75) is 26.7 Å². The maximum Gasteiger partial charge on any atom is 0.201 e. The number of hydrogen-bond donors (Lipinski definition) is 1. The van der Waals surface area contributed by atoms with Gasteiger partial charge in [0.25, 0.3) is 0 Å². The molecule has 0 aliphatic rings. The van der Waals surface area contributed by atoms with Crippen molar-refractivity contribution in [1.82, 2.24) is 4.98 Å². The van der Waals surface area contributed by atoms with Crippen LogP contribution in [0.15, 0.2) is 41.1 Å². The van der Waals surface area contributed by atoms with Crippen LogP contribution in [0.25, 0.3) is 0 Å². The third-order valence-corrected chi connectivity index (χ3v) is 2.79. The summed E-state index contributed by atoms with van der Waals surface area (Å²) < 4.78 is 5.43. The molecule has 1 heterocycles. The second-order valence-electron chi connectivity index (χ2n) is 5.26. The number of rotatable bonds is 2. The molecule has 90 valence electrons. The van der Waals surface area contributed by atoms with E-state index in [0.717, 1.165) is 5.56 Å². The molecule has 1 atom stereocenters. The lowest BCUT2D eigenvalue weighted by atomic mass is 9.76. The van der Waals surface area contributed by atoms with Crippen LogP contribution in [0, 0.1) is 5.41 Å². The average molecular weight is 231 g/mol. The second-order valence-corrected chi connectivity index (χ2v) is 5.26. The molecule has 0 amide bonds. The Balaban J connectivity index is 2.45. The van der Waals surface area contributed by atoms with Crippen LogP contribution < -0.4 is 0 Å². The highest BCUT2D eigenvalue weighted by Gasteiger charge is 2.31. The first-order chi connectivity index (χ1) is 7.98. The van der Waals surface area contributed by atoms with Gasteiger partial charge in [0.2, 0.25) is 5.89 Å². The Labute approximate surface area is 101 Å². The average Bonchev–Trinajstić information content (AvgIpc) is 2.72. The van der Waals surface area contributed by atoms with E-state index in [9.17, 15) is 5.11 Å². The predicted octanol–water partition coefficient (Wildman–Crippen LogP) is 3.56. The number of aromatic nitrogens is 1. The zero-order valence-corrected chi connectivity index (χ0v) is 10.3. The zero-order valence-electron chi connectivity index (χ0n) is 10.3. The molecule has 2 aromatic rings. The van der Waals surface area contributed by atoms with Crippen molar-refractivity contribution in [2.75, 3.05) is 0 Å². The molecule has 0 radical (unpaired) electrons. The van der Waals surface area contributed by atoms with Crippen molar-refractivity contribution in [2.24, 2.45) is 5.41 Å². The van der Waals surface area contributed by atoms with Crippen LogP contribution >= 0.6 is 0 Å². The maximum atomic E-state index is 9.33. The molecule has 1 aromatic heterocycles. The number of phenols is 1. The zero-order chi connectivity index (χ0) is 12.5. The number of hydrogen-bond acceptors (Lipinski definition) is 3. The molecule has 3 heteroatoms. The molecule has 3 nitrogen and oxygen atoms in total. The van der Waals surface area contributed by atoms with Crippen LogP contribution in [-0.4, -0.2) is 10.1 Å². The van der Waals surface area contributed by atoms with E-state index in [1.807, 2.05) is 12.1 Å². The topological polar surface area (TPSA) is 46.3 Å². The van der Waals surface area contributed by atoms with Gasteiger partial charge in [-0.25, -0.2) is 4.98 Å². The molecule has 0 saturated heterocycles. The fourth-order valence-electron chi connectivity index (χ4n) is 2.06. The van der Waals surface area contributed by atoms with Gasteiger partial charge in [0.1, 0.15) is 12.0 Å². The third-order valence-electron chi connectivity index (χ3n) is 2.79. The molecule has 0 saturated carbocycles. The highest BCUT2D eigenvalue weighted by Crippen LogP contribution is 2.39. The summed E-state index contributed by atoms with van der Waals surface area (Å²) in [5, 5.41) is 9.33. The molecule has 0 spiro atoms. The van der Waals surface area contributed by atoms with Crippen LogP contribution in [0.2, 0.25) is 0 Å². The van der Waals surface area contributed by atoms with Gasteiger partial charge >= 0.3 is 0 Å². The summed E-state index contributed by atoms with van der Waals surface area (Å²) in [7, 11) is 0. The first-order valence-electron chi connectivity index (χ1n) is 5.67. The second kappa shape index (κ2) is 4.24. The molecule has 17 heavy (non-hydrogen) atoms. The Bertz CT molecular complexity index is 466. The Morgan fingerprint density at radius 2 is 1.82 bits per heavy atom. The largest absolute Gasteiger partial charge is 0.508 e. The van der Waals surface area contributed by atoms with E-state index < -0.39 is 0 Å². The van der Waals surface area contributed by atoms with Crippen molar-refractivity contribution in [3.8, 4) is 5.75 Å². The first kappa shape index (κ1) is 11.7. The van der Waals surface area contributed by atoms with Gasteiger partial charge in [0.15, 0.2) is 0 Å². The summed E-state index contributed by atoms with van der Waals surface area (Å²) in [6.45, 7) is 6.44. The number of aromatic hydroxyl groups is 1. The summed E-state index contributed by atoms with van der Waals surface area (Å²) in [4.78, 5) is 4.25. The van der Waals surface area contributed by atoms with Crippen LogP contribution in [0.3, 0.4) is 0 Å². The summed E-state index contributed by atoms with van der Waals surface area (Å²) in [5.41, 5.74) is 1.10. The van der Waals surface area contributed by atoms with Gasteiger partial charge in [-0.1, -0.05) is 32.9 Å². The van der Waals surface area contributed by atoms with Gasteiger partial charge in [0, 0.05) is 0 Å². The number of nitrogens with zero attached hydrogens (tertiary/aromatic N) is 1. The number of benzene rings is 1. The molecule has 1 unspecified atom stereocenters. The minimum atomic E-state index is 0.00181. The Morgan fingerprint density at radius 1 is 1.18 bits per heavy atom. The summed E-state index contributed by atoms with van der Waals surface area (Å²) in [6.07, 6.45) is 3.25. The molecular weight excluding hydrogens is 214 g/mol. The van der Waals surface area contributed by atoms with E-state index in [0.29, 0.717) is 5.89 Å². The fourth-order valence-corrected chi connectivity index (χ4v) is 2.06. The molecule has 0 aliphatic heterocycles. The predicted molar refractivity (Wildman–Crippen MR) is 65.9 cm³/mol. The molecule has 0 aliphatic carbocycles. The van der Waals surface area contributed by atoms with Crippen molar-refractivity contribution in [3.05, 3.63) is 48.2 Å². The lowest BCUT2D eigenvalue weighted by Gasteiger charge is -2.28. The van der Waals surface area contributed by atoms with Gasteiger partial charge in [-0.3, -0.25) is 0 Å². The Hall–Kier alpha value is -1.77. The van der Waals surface area contributed by atoms with E-state index in [1.165, 1.54) is 0 Å². The summed E-state index contributed by atoms with van der Waals surface area (Å²) in [5.74, 6) is 1.06. The smallest absolute Gasteiger partial charge is 0.201 e. The minimum Gasteiger partial charge on any atom is -0.508 e. The van der Waals surface area contributed by atoms with Gasteiger partial charge in [-0.05, 0) is 23.1 Å². The monoisotopic (exact) mass is 231 g/mol. The van der Waals surface area contributed by atoms with E-state index in [1.54, 1.807) is 24.6 Å². The molecule has 0 bridgehead atoms. The Kier molecular flexibility index (Phi) is 2.92. The standard InChI is InChI=1S/C14H17NO2/c1-14(2,3)12(13-15-8-9-17-13)10-4-6-11(16)7-5-10/h4-9,12,16H,1-3H3. The molecule has 2 rings (SSSR count). The number of phenolic OH excluding ortho intramolecular Hbond substituents is 1. The Morgan fingerprint density at radius 3 is 2.29 bits per heavy atom. The van der Waals surface area contributed by atoms with Gasteiger partial charge in [0.05, 0.1) is 12.1 Å². The normalized spacial score (nSPS) is 13.6. The molecule has 1 aromatic carbocycles. The van der Waals surface area contributed by atoms with Crippen LogP contribution in [0.4, 0.5) is 0 Å². The van der Waals surface area contributed by atoms with Gasteiger partial charge < -0.3 is 9.52 Å². The van der Waals surface area contributed by atoms with E-state index in [2.05, 4.69) is 25.8 Å². The van der Waals surface area contributed by atoms with Crippen LogP contribution in [-0.2, 0) is 0 Å². The van der Waals surface area contributed by atoms with Gasteiger partial charge in [-0.15, -0.1) is 0 Å². The third kappa shape index (κ3) is 2.49. The summed E-state index contributed by atoms with van der Waals surface area (Å²) >= 11 is 0. The van der Waals surface area contributed by atoms with E-state index >= 15 is 0 Å². The lowest BCUT2D eigenvalue weighted by Crippen LogP contribution is -2.19. The van der Waals surface area contributed by atoms with Crippen molar-refractivity contribution in [1.29, 1.82) is 0 Å². The highest BCUT2D eigenvalue weighted by molar-refractivity contribution is 5.32. The van der Waals surface area contributed by atoms with Gasteiger partial charge in [-0.2, -0.15) is 0 Å². The highest BCUT2D eigenvalue weighted by atomic mass is 16.3. The quantitative estimate of drug-likeness (QED) is 0.859. The van der Waals surface area contributed by atoms with Crippen LogP contribution in [0.5, 0.6) is 5.75 Å². The number of oxazole rings is 1. The van der Waals surface area contributed by atoms with E-state index in [-0.39, 0.29) is 17.1 Å². The SMILES string of the molecule is CC(C)(C)C(c1ccc(O)cc1)c1ncco1. The summed E-state index contributed by atoms with van der Waals surface area (Å²) in [6, 6.07) is 7.21. The van der Waals surface area contributed by atoms with Crippen molar-refractivity contribution >= 4 is 0 Å². The first-order valence-corrected chi connectivity index (χ1v) is 5.67. The lowest BCUT2D eigenvalue weighted by molar-refractivity contribution is 0.305. The molecule has 1 N–H and O–H groups in total. The van der Waals surface area contributed by atoms with Crippen molar-refractivity contribution in [3.63, 3.8) is 0 Å². The molecule has 0 fully saturated rings.